The average Bonchev–Trinajstić information content (AvgIpc) is 2.65. The zero-order chi connectivity index (χ0) is 12.1. The second-order valence-electron chi connectivity index (χ2n) is 3.40. The number of thiophene rings is 1. The lowest BCUT2D eigenvalue weighted by atomic mass is 10.3. The molecule has 1 aromatic heterocycles. The summed E-state index contributed by atoms with van der Waals surface area (Å²) in [5, 5.41) is 14.6. The van der Waals surface area contributed by atoms with E-state index in [1.165, 1.54) is 18.3 Å². The zero-order valence-electron chi connectivity index (χ0n) is 9.11. The van der Waals surface area contributed by atoms with E-state index in [1.54, 1.807) is 19.1 Å². The molecule has 1 aromatic rings. The molecule has 2 amide bonds. The number of nitrogens with one attached hydrogen (secondary N) is 2. The van der Waals surface area contributed by atoms with E-state index in [4.69, 9.17) is 5.11 Å². The van der Waals surface area contributed by atoms with E-state index in [2.05, 4.69) is 10.6 Å². The number of amides is 2. The van der Waals surface area contributed by atoms with Crippen LogP contribution in [0.25, 0.3) is 0 Å². The summed E-state index contributed by atoms with van der Waals surface area (Å²) >= 11 is 1.20. The minimum atomic E-state index is -0.279. The third-order valence-electron chi connectivity index (χ3n) is 1.78. The molecule has 1 atom stereocenters. The first kappa shape index (κ1) is 12.7. The minimum Gasteiger partial charge on any atom is -0.394 e. The largest absolute Gasteiger partial charge is 0.394 e. The summed E-state index contributed by atoms with van der Waals surface area (Å²) in [5.74, 6) is -0.416. The first-order valence-corrected chi connectivity index (χ1v) is 5.63. The number of aliphatic hydroxyl groups excluding tert-OH is 1. The number of rotatable bonds is 4. The van der Waals surface area contributed by atoms with Crippen LogP contribution in [0.4, 0.5) is 5.00 Å². The van der Waals surface area contributed by atoms with E-state index in [-0.39, 0.29) is 24.5 Å². The van der Waals surface area contributed by atoms with Crippen molar-refractivity contribution in [2.45, 2.75) is 19.9 Å². The van der Waals surface area contributed by atoms with E-state index in [0.29, 0.717) is 9.88 Å². The molecule has 0 saturated heterocycles. The third kappa shape index (κ3) is 3.63. The Morgan fingerprint density at radius 3 is 2.75 bits per heavy atom. The number of hydrogen-bond acceptors (Lipinski definition) is 4. The Bertz CT molecular complexity index is 389. The summed E-state index contributed by atoms with van der Waals surface area (Å²) in [6.45, 7) is 3.02. The van der Waals surface area contributed by atoms with Crippen molar-refractivity contribution < 1.29 is 14.7 Å². The lowest BCUT2D eigenvalue weighted by Crippen LogP contribution is -2.34. The first-order chi connectivity index (χ1) is 7.52. The summed E-state index contributed by atoms with van der Waals surface area (Å²) in [6.07, 6.45) is 0. The number of hydrogen-bond donors (Lipinski definition) is 3. The van der Waals surface area contributed by atoms with Crippen LogP contribution in [-0.2, 0) is 4.79 Å². The SMILES string of the molecule is CC(=O)Nc1ccc(C(=O)NC(C)CO)s1. The second-order valence-corrected chi connectivity index (χ2v) is 4.49. The number of aliphatic hydroxyl groups is 1. The van der Waals surface area contributed by atoms with E-state index in [1.807, 2.05) is 0 Å². The highest BCUT2D eigenvalue weighted by Gasteiger charge is 2.11. The Morgan fingerprint density at radius 2 is 2.19 bits per heavy atom. The fraction of sp³-hybridized carbons (Fsp3) is 0.400. The average molecular weight is 242 g/mol. The van der Waals surface area contributed by atoms with Crippen LogP contribution in [-0.4, -0.2) is 29.6 Å². The lowest BCUT2D eigenvalue weighted by molar-refractivity contribution is -0.114. The highest BCUT2D eigenvalue weighted by atomic mass is 32.1. The van der Waals surface area contributed by atoms with E-state index in [9.17, 15) is 9.59 Å². The molecule has 0 aliphatic carbocycles. The van der Waals surface area contributed by atoms with Crippen molar-refractivity contribution in [3.05, 3.63) is 17.0 Å². The molecule has 1 unspecified atom stereocenters. The van der Waals surface area contributed by atoms with Gasteiger partial charge < -0.3 is 15.7 Å². The van der Waals surface area contributed by atoms with E-state index in [0.717, 1.165) is 0 Å². The van der Waals surface area contributed by atoms with Gasteiger partial charge in [0.2, 0.25) is 5.91 Å². The second kappa shape index (κ2) is 5.62. The van der Waals surface area contributed by atoms with Crippen LogP contribution < -0.4 is 10.6 Å². The highest BCUT2D eigenvalue weighted by Crippen LogP contribution is 2.21. The Balaban J connectivity index is 2.63. The molecule has 0 aliphatic rings. The summed E-state index contributed by atoms with van der Waals surface area (Å²) < 4.78 is 0. The molecule has 88 valence electrons. The fourth-order valence-corrected chi connectivity index (χ4v) is 1.90. The van der Waals surface area contributed by atoms with Crippen molar-refractivity contribution in [1.29, 1.82) is 0 Å². The molecular formula is C10H14N2O3S. The monoisotopic (exact) mass is 242 g/mol. The predicted molar refractivity (Wildman–Crippen MR) is 62.6 cm³/mol. The van der Waals surface area contributed by atoms with E-state index >= 15 is 0 Å². The summed E-state index contributed by atoms with van der Waals surface area (Å²) in [7, 11) is 0. The molecule has 5 nitrogen and oxygen atoms in total. The van der Waals surface area contributed by atoms with Gasteiger partial charge in [0.25, 0.3) is 5.91 Å². The number of carbonyl (C=O) groups excluding carboxylic acids is 2. The van der Waals surface area contributed by atoms with E-state index < -0.39 is 0 Å². The van der Waals surface area contributed by atoms with Gasteiger partial charge in [0.05, 0.1) is 16.5 Å². The molecule has 0 fully saturated rings. The van der Waals surface area contributed by atoms with Crippen molar-refractivity contribution >= 4 is 28.2 Å². The van der Waals surface area contributed by atoms with Gasteiger partial charge in [-0.05, 0) is 19.1 Å². The smallest absolute Gasteiger partial charge is 0.261 e. The van der Waals surface area contributed by atoms with Gasteiger partial charge in [-0.3, -0.25) is 9.59 Å². The third-order valence-corrected chi connectivity index (χ3v) is 2.78. The van der Waals surface area contributed by atoms with Gasteiger partial charge >= 0.3 is 0 Å². The van der Waals surface area contributed by atoms with Crippen LogP contribution in [0.3, 0.4) is 0 Å². The molecule has 16 heavy (non-hydrogen) atoms. The van der Waals surface area contributed by atoms with Crippen LogP contribution in [0.1, 0.15) is 23.5 Å². The molecule has 0 saturated carbocycles. The van der Waals surface area contributed by atoms with Crippen molar-refractivity contribution in [1.82, 2.24) is 5.32 Å². The van der Waals surface area contributed by atoms with Gasteiger partial charge in [-0.2, -0.15) is 0 Å². The number of carbonyl (C=O) groups is 2. The zero-order valence-corrected chi connectivity index (χ0v) is 9.93. The van der Waals surface area contributed by atoms with Crippen molar-refractivity contribution in [2.24, 2.45) is 0 Å². The molecule has 6 heteroatoms. The van der Waals surface area contributed by atoms with Crippen LogP contribution >= 0.6 is 11.3 Å². The van der Waals surface area contributed by atoms with Crippen LogP contribution in [0.15, 0.2) is 12.1 Å². The predicted octanol–water partition coefficient (Wildman–Crippen LogP) is 0.817. The molecular weight excluding hydrogens is 228 g/mol. The molecule has 0 spiro atoms. The van der Waals surface area contributed by atoms with Crippen molar-refractivity contribution in [3.8, 4) is 0 Å². The Labute approximate surface area is 97.5 Å². The molecule has 3 N–H and O–H groups in total. The Kier molecular flexibility index (Phi) is 4.45. The number of anilines is 1. The van der Waals surface area contributed by atoms with Crippen LogP contribution in [0, 0.1) is 0 Å². The minimum absolute atomic E-state index is 0.102. The summed E-state index contributed by atoms with van der Waals surface area (Å²) in [4.78, 5) is 22.9. The molecule has 1 heterocycles. The molecule has 1 rings (SSSR count). The molecule has 0 radical (unpaired) electrons. The molecule has 0 bridgehead atoms. The van der Waals surface area contributed by atoms with Gasteiger partial charge in [-0.1, -0.05) is 0 Å². The maximum atomic E-state index is 11.6. The van der Waals surface area contributed by atoms with Gasteiger partial charge in [-0.25, -0.2) is 0 Å². The van der Waals surface area contributed by atoms with Gasteiger partial charge in [0.1, 0.15) is 0 Å². The van der Waals surface area contributed by atoms with Crippen LogP contribution in [0.2, 0.25) is 0 Å². The lowest BCUT2D eigenvalue weighted by Gasteiger charge is -2.08. The highest BCUT2D eigenvalue weighted by molar-refractivity contribution is 7.18. The first-order valence-electron chi connectivity index (χ1n) is 4.82. The molecule has 0 aliphatic heterocycles. The Hall–Kier alpha value is -1.40. The standard InChI is InChI=1S/C10H14N2O3S/c1-6(5-13)11-10(15)8-3-4-9(16-8)12-7(2)14/h3-4,6,13H,5H2,1-2H3,(H,11,15)(H,12,14). The fourth-order valence-electron chi connectivity index (χ4n) is 1.04. The van der Waals surface area contributed by atoms with Gasteiger partial charge in [0, 0.05) is 13.0 Å². The summed E-state index contributed by atoms with van der Waals surface area (Å²) in [5.41, 5.74) is 0. The quantitative estimate of drug-likeness (QED) is 0.731. The molecule has 0 aromatic carbocycles. The van der Waals surface area contributed by atoms with Gasteiger partial charge in [-0.15, -0.1) is 11.3 Å². The maximum Gasteiger partial charge on any atom is 0.261 e. The van der Waals surface area contributed by atoms with Gasteiger partial charge in [0.15, 0.2) is 0 Å². The normalized spacial score (nSPS) is 11.9. The van der Waals surface area contributed by atoms with Crippen molar-refractivity contribution in [3.63, 3.8) is 0 Å². The Morgan fingerprint density at radius 1 is 1.50 bits per heavy atom. The topological polar surface area (TPSA) is 78.4 Å². The van der Waals surface area contributed by atoms with Crippen LogP contribution in [0.5, 0.6) is 0 Å². The maximum absolute atomic E-state index is 11.6. The van der Waals surface area contributed by atoms with Crippen molar-refractivity contribution in [2.75, 3.05) is 11.9 Å². The summed E-state index contributed by atoms with van der Waals surface area (Å²) in [6, 6.07) is 3.03.